The van der Waals surface area contributed by atoms with E-state index >= 15 is 0 Å². The Balaban J connectivity index is 1.78. The van der Waals surface area contributed by atoms with Crippen molar-refractivity contribution in [3.63, 3.8) is 0 Å². The van der Waals surface area contributed by atoms with Crippen LogP contribution in [0.1, 0.15) is 36.5 Å². The van der Waals surface area contributed by atoms with Gasteiger partial charge in [-0.2, -0.15) is 0 Å². The highest BCUT2D eigenvalue weighted by Gasteiger charge is 2.35. The number of halogens is 1. The van der Waals surface area contributed by atoms with Gasteiger partial charge in [-0.25, -0.2) is 12.8 Å². The van der Waals surface area contributed by atoms with Crippen LogP contribution in [0, 0.1) is 11.7 Å². The molecule has 1 saturated heterocycles. The minimum Gasteiger partial charge on any atom is -0.341 e. The molecule has 0 N–H and O–H groups in total. The number of sulfone groups is 1. The molecule has 2 aliphatic rings. The summed E-state index contributed by atoms with van der Waals surface area (Å²) in [7, 11) is -3.48. The minimum absolute atomic E-state index is 0.0312. The van der Waals surface area contributed by atoms with Gasteiger partial charge in [-0.15, -0.1) is 0 Å². The molecule has 1 aliphatic heterocycles. The normalized spacial score (nSPS) is 26.8. The molecule has 1 amide bonds. The fourth-order valence-electron chi connectivity index (χ4n) is 3.53. The summed E-state index contributed by atoms with van der Waals surface area (Å²) in [6, 6.07) is 6.01. The summed E-state index contributed by atoms with van der Waals surface area (Å²) in [5.41, 5.74) is 0.215. The highest BCUT2D eigenvalue weighted by molar-refractivity contribution is 7.91. The second-order valence-electron chi connectivity index (χ2n) is 6.47. The number of amides is 1. The number of hydrogen-bond donors (Lipinski definition) is 0. The van der Waals surface area contributed by atoms with Crippen LogP contribution in [0.2, 0.25) is 0 Å². The maximum atomic E-state index is 14.0. The summed E-state index contributed by atoms with van der Waals surface area (Å²) in [4.78, 5) is 14.3. The second-order valence-corrected chi connectivity index (χ2v) is 8.78. The van der Waals surface area contributed by atoms with Crippen molar-refractivity contribution in [2.75, 3.05) is 18.8 Å². The van der Waals surface area contributed by atoms with E-state index in [0.717, 1.165) is 19.3 Å². The van der Waals surface area contributed by atoms with Gasteiger partial charge in [-0.3, -0.25) is 4.79 Å². The van der Waals surface area contributed by atoms with E-state index < -0.39 is 20.9 Å². The number of nitrogens with zero attached hydrogens (tertiary/aromatic N) is 1. The van der Waals surface area contributed by atoms with Crippen molar-refractivity contribution in [1.29, 1.82) is 0 Å². The Labute approximate surface area is 142 Å². The molecule has 24 heavy (non-hydrogen) atoms. The first-order chi connectivity index (χ1) is 11.5. The first-order valence-electron chi connectivity index (χ1n) is 8.39. The SMILES string of the molecule is O=C([C@@H]1CC=CCC1)N1CC[C@@H](c2ccccc2F)S(=O)(=O)CC1. The predicted molar refractivity (Wildman–Crippen MR) is 90.6 cm³/mol. The number of hydrogen-bond acceptors (Lipinski definition) is 3. The molecule has 0 radical (unpaired) electrons. The van der Waals surface area contributed by atoms with Crippen LogP contribution in [0.5, 0.6) is 0 Å². The van der Waals surface area contributed by atoms with Gasteiger partial charge < -0.3 is 4.90 Å². The largest absolute Gasteiger partial charge is 0.341 e. The van der Waals surface area contributed by atoms with Gasteiger partial charge >= 0.3 is 0 Å². The maximum absolute atomic E-state index is 14.0. The standard InChI is InChI=1S/C18H22FNO3S/c19-16-9-5-4-8-15(16)17-10-11-20(12-13-24(17,22)23)18(21)14-6-2-1-3-7-14/h1-2,4-5,8-9,14,17H,3,6-7,10-13H2/t14-,17+/m1/s1. The number of benzene rings is 1. The van der Waals surface area contributed by atoms with Crippen LogP contribution >= 0.6 is 0 Å². The van der Waals surface area contributed by atoms with Crippen LogP contribution in [-0.4, -0.2) is 38.1 Å². The summed E-state index contributed by atoms with van der Waals surface area (Å²) in [6.07, 6.45) is 6.76. The summed E-state index contributed by atoms with van der Waals surface area (Å²) >= 11 is 0. The molecule has 1 aliphatic carbocycles. The topological polar surface area (TPSA) is 54.5 Å². The highest BCUT2D eigenvalue weighted by atomic mass is 32.2. The van der Waals surface area contributed by atoms with E-state index in [1.54, 1.807) is 17.0 Å². The summed E-state index contributed by atoms with van der Waals surface area (Å²) < 4.78 is 39.2. The Morgan fingerprint density at radius 1 is 1.12 bits per heavy atom. The Morgan fingerprint density at radius 2 is 1.92 bits per heavy atom. The number of carbonyl (C=O) groups is 1. The first-order valence-corrected chi connectivity index (χ1v) is 10.1. The van der Waals surface area contributed by atoms with Crippen molar-refractivity contribution < 1.29 is 17.6 Å². The van der Waals surface area contributed by atoms with Crippen LogP contribution in [0.3, 0.4) is 0 Å². The van der Waals surface area contributed by atoms with Crippen LogP contribution in [0.4, 0.5) is 4.39 Å². The fraction of sp³-hybridized carbons (Fsp3) is 0.500. The third-order valence-electron chi connectivity index (χ3n) is 4.92. The lowest BCUT2D eigenvalue weighted by Crippen LogP contribution is -2.38. The quantitative estimate of drug-likeness (QED) is 0.770. The molecule has 2 atom stereocenters. The molecule has 0 unspecified atom stereocenters. The van der Waals surface area contributed by atoms with Crippen molar-refractivity contribution in [2.45, 2.75) is 30.9 Å². The van der Waals surface area contributed by atoms with E-state index in [1.807, 2.05) is 6.08 Å². The van der Waals surface area contributed by atoms with Crippen LogP contribution in [0.15, 0.2) is 36.4 Å². The third kappa shape index (κ3) is 3.53. The molecule has 4 nitrogen and oxygen atoms in total. The molecule has 1 fully saturated rings. The van der Waals surface area contributed by atoms with Gasteiger partial charge in [0, 0.05) is 24.6 Å². The van der Waals surface area contributed by atoms with Gasteiger partial charge in [-0.05, 0) is 31.7 Å². The number of carbonyl (C=O) groups excluding carboxylic acids is 1. The lowest BCUT2D eigenvalue weighted by atomic mass is 9.93. The average Bonchev–Trinajstić information content (AvgIpc) is 2.74. The molecule has 0 aromatic heterocycles. The molecule has 1 aromatic carbocycles. The van der Waals surface area contributed by atoms with Crippen molar-refractivity contribution >= 4 is 15.7 Å². The smallest absolute Gasteiger partial charge is 0.226 e. The lowest BCUT2D eigenvalue weighted by Gasteiger charge is -2.26. The molecular weight excluding hydrogens is 329 g/mol. The van der Waals surface area contributed by atoms with E-state index in [4.69, 9.17) is 0 Å². The van der Waals surface area contributed by atoms with Crippen molar-refractivity contribution in [3.05, 3.63) is 47.8 Å². The maximum Gasteiger partial charge on any atom is 0.226 e. The van der Waals surface area contributed by atoms with Gasteiger partial charge in [0.2, 0.25) is 5.91 Å². The lowest BCUT2D eigenvalue weighted by molar-refractivity contribution is -0.135. The molecule has 0 bridgehead atoms. The van der Waals surface area contributed by atoms with Crippen molar-refractivity contribution in [2.24, 2.45) is 5.92 Å². The number of allylic oxidation sites excluding steroid dienone is 2. The Hall–Kier alpha value is -1.69. The molecule has 6 heteroatoms. The van der Waals surface area contributed by atoms with Gasteiger partial charge in [0.05, 0.1) is 11.0 Å². The highest BCUT2D eigenvalue weighted by Crippen LogP contribution is 2.32. The molecule has 1 heterocycles. The zero-order valence-electron chi connectivity index (χ0n) is 13.5. The monoisotopic (exact) mass is 351 g/mol. The van der Waals surface area contributed by atoms with Crippen LogP contribution in [-0.2, 0) is 14.6 Å². The second kappa shape index (κ2) is 7.05. The Morgan fingerprint density at radius 3 is 2.62 bits per heavy atom. The van der Waals surface area contributed by atoms with Gasteiger partial charge in [0.25, 0.3) is 0 Å². The summed E-state index contributed by atoms with van der Waals surface area (Å²) in [5.74, 6) is -0.630. The number of rotatable bonds is 2. The third-order valence-corrected chi connectivity index (χ3v) is 7.03. The Kier molecular flexibility index (Phi) is 5.04. The summed E-state index contributed by atoms with van der Waals surface area (Å²) in [5, 5.41) is -0.872. The van der Waals surface area contributed by atoms with E-state index in [9.17, 15) is 17.6 Å². The van der Waals surface area contributed by atoms with Gasteiger partial charge in [-0.1, -0.05) is 30.4 Å². The first kappa shape index (κ1) is 17.1. The molecular formula is C18H22FNO3S. The van der Waals surface area contributed by atoms with E-state index in [-0.39, 0.29) is 36.1 Å². The van der Waals surface area contributed by atoms with Gasteiger partial charge in [0.15, 0.2) is 9.84 Å². The molecule has 0 spiro atoms. The molecule has 3 rings (SSSR count). The summed E-state index contributed by atoms with van der Waals surface area (Å²) in [6.45, 7) is 0.559. The van der Waals surface area contributed by atoms with E-state index in [0.29, 0.717) is 6.54 Å². The Bertz CT molecular complexity index is 744. The fourth-order valence-corrected chi connectivity index (χ4v) is 5.33. The zero-order chi connectivity index (χ0) is 17.2. The van der Waals surface area contributed by atoms with Crippen LogP contribution in [0.25, 0.3) is 0 Å². The minimum atomic E-state index is -3.48. The van der Waals surface area contributed by atoms with Crippen LogP contribution < -0.4 is 0 Å². The van der Waals surface area contributed by atoms with Crippen molar-refractivity contribution in [3.8, 4) is 0 Å². The predicted octanol–water partition coefficient (Wildman–Crippen LogP) is 2.87. The molecule has 1 aromatic rings. The molecule has 130 valence electrons. The van der Waals surface area contributed by atoms with Crippen molar-refractivity contribution in [1.82, 2.24) is 4.90 Å². The van der Waals surface area contributed by atoms with E-state index in [2.05, 4.69) is 6.08 Å². The van der Waals surface area contributed by atoms with Gasteiger partial charge in [0.1, 0.15) is 5.82 Å². The average molecular weight is 351 g/mol. The molecule has 0 saturated carbocycles. The zero-order valence-corrected chi connectivity index (χ0v) is 14.3. The van der Waals surface area contributed by atoms with E-state index in [1.165, 1.54) is 12.1 Å².